The Kier molecular flexibility index (Phi) is 7.46. The average molecular weight is 713 g/mol. The number of aromatic nitrogens is 4. The smallest absolute Gasteiger partial charge is 0.160 e. The molecule has 0 saturated carbocycles. The highest BCUT2D eigenvalue weighted by Gasteiger charge is 2.17. The molecule has 0 aliphatic rings. The van der Waals surface area contributed by atoms with E-state index in [1.807, 2.05) is 48.8 Å². The molecule has 0 fully saturated rings. The first kappa shape index (κ1) is 31.9. The second-order valence-corrected chi connectivity index (χ2v) is 14.3. The first-order chi connectivity index (χ1) is 27.7. The summed E-state index contributed by atoms with van der Waals surface area (Å²) in [5.41, 5.74) is 12.2. The van der Waals surface area contributed by atoms with Gasteiger partial charge in [-0.2, -0.15) is 0 Å². The number of pyridine rings is 2. The lowest BCUT2D eigenvalue weighted by atomic mass is 9.87. The number of rotatable bonds is 6. The van der Waals surface area contributed by atoms with Crippen molar-refractivity contribution in [1.82, 2.24) is 19.9 Å². The molecule has 4 heteroatoms. The predicted octanol–water partition coefficient (Wildman–Crippen LogP) is 13.3. The van der Waals surface area contributed by atoms with Gasteiger partial charge < -0.3 is 0 Å². The first-order valence-corrected chi connectivity index (χ1v) is 18.9. The van der Waals surface area contributed by atoms with Crippen LogP contribution < -0.4 is 0 Å². The Morgan fingerprint density at radius 3 is 1.66 bits per heavy atom. The molecular formula is C52H32N4. The number of para-hydroxylation sites is 1. The highest BCUT2D eigenvalue weighted by molar-refractivity contribution is 6.27. The molecule has 56 heavy (non-hydrogen) atoms. The Bertz CT molecular complexity index is 3250. The third-order valence-electron chi connectivity index (χ3n) is 10.9. The molecule has 260 valence electrons. The average Bonchev–Trinajstić information content (AvgIpc) is 3.28. The minimum Gasteiger partial charge on any atom is -0.256 e. The van der Waals surface area contributed by atoms with Crippen LogP contribution in [0.3, 0.4) is 0 Å². The summed E-state index contributed by atoms with van der Waals surface area (Å²) in [6.45, 7) is 0. The fraction of sp³-hybridized carbons (Fsp3) is 0. The van der Waals surface area contributed by atoms with Crippen LogP contribution in [0.5, 0.6) is 0 Å². The van der Waals surface area contributed by atoms with E-state index in [0.29, 0.717) is 5.82 Å². The highest BCUT2D eigenvalue weighted by Crippen LogP contribution is 2.43. The predicted molar refractivity (Wildman–Crippen MR) is 231 cm³/mol. The minimum atomic E-state index is 0.654. The molecule has 0 aliphatic heterocycles. The molecule has 0 amide bonds. The summed E-state index contributed by atoms with van der Waals surface area (Å²) in [7, 11) is 0. The summed E-state index contributed by atoms with van der Waals surface area (Å²) in [5.74, 6) is 0.654. The van der Waals surface area contributed by atoms with E-state index in [9.17, 15) is 0 Å². The third-order valence-corrected chi connectivity index (χ3v) is 10.9. The Balaban J connectivity index is 1.08. The third kappa shape index (κ3) is 5.47. The van der Waals surface area contributed by atoms with Gasteiger partial charge in [-0.1, -0.05) is 140 Å². The molecule has 0 N–H and O–H groups in total. The lowest BCUT2D eigenvalue weighted by Gasteiger charge is -2.17. The van der Waals surface area contributed by atoms with Crippen LogP contribution in [-0.2, 0) is 0 Å². The van der Waals surface area contributed by atoms with E-state index in [-0.39, 0.29) is 0 Å². The summed E-state index contributed by atoms with van der Waals surface area (Å²) >= 11 is 0. The number of fused-ring (bicyclic) bond motifs is 1. The van der Waals surface area contributed by atoms with E-state index in [0.717, 1.165) is 55.8 Å². The Morgan fingerprint density at radius 1 is 0.321 bits per heavy atom. The Morgan fingerprint density at radius 2 is 0.911 bits per heavy atom. The normalized spacial score (nSPS) is 11.6. The van der Waals surface area contributed by atoms with Crippen molar-refractivity contribution >= 4 is 43.2 Å². The maximum Gasteiger partial charge on any atom is 0.160 e. The standard InChI is InChI=1S/C52H32N4/c1-2-10-33(11-3-1)42-23-19-34-22-26-45-43(24-20-35-21-25-44(42)50(34)51(35)45)36-13-8-16-40(28-36)52-55-48(39-15-9-14-38(29-39)46-18-6-7-27-53-46)31-49(56-52)41-30-37-12-4-5-17-47(37)54-32-41/h1-32H. The van der Waals surface area contributed by atoms with Gasteiger partial charge in [0.2, 0.25) is 0 Å². The van der Waals surface area contributed by atoms with Gasteiger partial charge in [0.05, 0.1) is 22.6 Å². The van der Waals surface area contributed by atoms with Crippen LogP contribution in [0.1, 0.15) is 0 Å². The zero-order chi connectivity index (χ0) is 37.0. The summed E-state index contributed by atoms with van der Waals surface area (Å²) < 4.78 is 0. The van der Waals surface area contributed by atoms with Crippen LogP contribution in [0.2, 0.25) is 0 Å². The van der Waals surface area contributed by atoms with Crippen LogP contribution in [0, 0.1) is 0 Å². The van der Waals surface area contributed by atoms with Crippen molar-refractivity contribution in [3.8, 4) is 67.4 Å². The number of hydrogen-bond acceptors (Lipinski definition) is 4. The van der Waals surface area contributed by atoms with Crippen molar-refractivity contribution in [2.45, 2.75) is 0 Å². The van der Waals surface area contributed by atoms with Gasteiger partial charge in [0, 0.05) is 40.0 Å². The lowest BCUT2D eigenvalue weighted by Crippen LogP contribution is -1.97. The molecule has 8 aromatic carbocycles. The molecule has 11 rings (SSSR count). The van der Waals surface area contributed by atoms with Crippen molar-refractivity contribution in [2.75, 3.05) is 0 Å². The molecular weight excluding hydrogens is 681 g/mol. The SMILES string of the molecule is c1ccc(-c2ccc3ccc4c(-c5cccc(-c6nc(-c7cccc(-c8ccccn8)c7)cc(-c7cnc8ccccc8c7)n6)c5)ccc5ccc2c3c54)cc1. The maximum absolute atomic E-state index is 5.25. The van der Waals surface area contributed by atoms with Crippen molar-refractivity contribution in [3.05, 3.63) is 194 Å². The number of hydrogen-bond donors (Lipinski definition) is 0. The van der Waals surface area contributed by atoms with Crippen molar-refractivity contribution < 1.29 is 0 Å². The van der Waals surface area contributed by atoms with Crippen molar-refractivity contribution in [3.63, 3.8) is 0 Å². The summed E-state index contributed by atoms with van der Waals surface area (Å²) in [4.78, 5) is 19.9. The molecule has 0 spiro atoms. The van der Waals surface area contributed by atoms with E-state index in [4.69, 9.17) is 15.0 Å². The zero-order valence-corrected chi connectivity index (χ0v) is 30.3. The molecule has 0 saturated heterocycles. The quantitative estimate of drug-likeness (QED) is 0.161. The summed E-state index contributed by atoms with van der Waals surface area (Å²) in [5, 5.41) is 8.64. The minimum absolute atomic E-state index is 0.654. The second-order valence-electron chi connectivity index (χ2n) is 14.3. The monoisotopic (exact) mass is 712 g/mol. The molecule has 3 heterocycles. The number of benzene rings is 8. The zero-order valence-electron chi connectivity index (χ0n) is 30.3. The summed E-state index contributed by atoms with van der Waals surface area (Å²) in [6, 6.07) is 64.3. The van der Waals surface area contributed by atoms with Gasteiger partial charge in [0.1, 0.15) is 0 Å². The lowest BCUT2D eigenvalue weighted by molar-refractivity contribution is 1.18. The van der Waals surface area contributed by atoms with Crippen LogP contribution in [0.25, 0.3) is 111 Å². The molecule has 0 radical (unpaired) electrons. The van der Waals surface area contributed by atoms with Gasteiger partial charge in [-0.3, -0.25) is 9.97 Å². The highest BCUT2D eigenvalue weighted by atomic mass is 14.9. The van der Waals surface area contributed by atoms with Crippen molar-refractivity contribution in [2.24, 2.45) is 0 Å². The molecule has 3 aromatic heterocycles. The molecule has 0 atom stereocenters. The largest absolute Gasteiger partial charge is 0.256 e. The van der Waals surface area contributed by atoms with Gasteiger partial charge in [-0.15, -0.1) is 0 Å². The molecule has 0 bridgehead atoms. The van der Waals surface area contributed by atoms with Crippen LogP contribution in [0.15, 0.2) is 194 Å². The van der Waals surface area contributed by atoms with Gasteiger partial charge in [0.25, 0.3) is 0 Å². The van der Waals surface area contributed by atoms with Crippen LogP contribution in [0.4, 0.5) is 0 Å². The van der Waals surface area contributed by atoms with E-state index < -0.39 is 0 Å². The van der Waals surface area contributed by atoms with Gasteiger partial charge in [0.15, 0.2) is 5.82 Å². The van der Waals surface area contributed by atoms with E-state index >= 15 is 0 Å². The van der Waals surface area contributed by atoms with E-state index in [1.54, 1.807) is 0 Å². The molecule has 0 aliphatic carbocycles. The fourth-order valence-electron chi connectivity index (χ4n) is 8.20. The first-order valence-electron chi connectivity index (χ1n) is 18.9. The van der Waals surface area contributed by atoms with Crippen LogP contribution >= 0.6 is 0 Å². The Hall–Kier alpha value is -7.56. The van der Waals surface area contributed by atoms with Crippen LogP contribution in [-0.4, -0.2) is 19.9 Å². The van der Waals surface area contributed by atoms with E-state index in [1.165, 1.54) is 49.0 Å². The Labute approximate surface area is 323 Å². The van der Waals surface area contributed by atoms with Gasteiger partial charge in [-0.05, 0) is 97.0 Å². The fourth-order valence-corrected chi connectivity index (χ4v) is 8.20. The molecule has 4 nitrogen and oxygen atoms in total. The topological polar surface area (TPSA) is 51.6 Å². The van der Waals surface area contributed by atoms with Gasteiger partial charge >= 0.3 is 0 Å². The van der Waals surface area contributed by atoms with E-state index in [2.05, 4.69) is 151 Å². The van der Waals surface area contributed by atoms with Crippen molar-refractivity contribution in [1.29, 1.82) is 0 Å². The second kappa shape index (κ2) is 13.1. The maximum atomic E-state index is 5.25. The van der Waals surface area contributed by atoms with Gasteiger partial charge in [-0.25, -0.2) is 9.97 Å². The molecule has 11 aromatic rings. The number of nitrogens with zero attached hydrogens (tertiary/aromatic N) is 4. The molecule has 0 unspecified atom stereocenters. The summed E-state index contributed by atoms with van der Waals surface area (Å²) in [6.07, 6.45) is 3.73.